The number of benzene rings is 1. The Bertz CT molecular complexity index is 693. The monoisotopic (exact) mass is 288 g/mol. The van der Waals surface area contributed by atoms with Gasteiger partial charge in [0.2, 0.25) is 0 Å². The van der Waals surface area contributed by atoms with Crippen molar-refractivity contribution in [3.8, 4) is 11.8 Å². The first-order chi connectivity index (χ1) is 9.67. The number of pyridine rings is 1. The minimum atomic E-state index is -0.545. The highest BCUT2D eigenvalue weighted by atomic mass is 35.5. The maximum atomic E-state index is 14.0. The van der Waals surface area contributed by atoms with E-state index >= 15 is 0 Å². The highest BCUT2D eigenvalue weighted by Gasteiger charge is 2.14. The molecule has 0 unspecified atom stereocenters. The average molecular weight is 289 g/mol. The number of nitriles is 1. The molecular formula is C15H10ClFN2O. The fourth-order valence-corrected chi connectivity index (χ4v) is 2.00. The molecule has 1 heterocycles. The number of halogens is 2. The third kappa shape index (κ3) is 2.79. The van der Waals surface area contributed by atoms with E-state index in [4.69, 9.17) is 16.3 Å². The van der Waals surface area contributed by atoms with Crippen molar-refractivity contribution in [1.82, 2.24) is 4.98 Å². The summed E-state index contributed by atoms with van der Waals surface area (Å²) in [5.74, 6) is -0.158. The molecule has 1 aromatic carbocycles. The fourth-order valence-electron chi connectivity index (χ4n) is 1.69. The molecule has 0 amide bonds. The molecule has 2 aromatic rings. The Labute approximate surface area is 120 Å². The maximum absolute atomic E-state index is 14.0. The predicted octanol–water partition coefficient (Wildman–Crippen LogP) is 3.86. The van der Waals surface area contributed by atoms with Gasteiger partial charge in [0, 0.05) is 24.0 Å². The molecule has 0 spiro atoms. The van der Waals surface area contributed by atoms with Gasteiger partial charge in [0.05, 0.1) is 17.7 Å². The zero-order valence-electron chi connectivity index (χ0n) is 10.6. The van der Waals surface area contributed by atoms with Crippen LogP contribution in [-0.2, 0) is 0 Å². The van der Waals surface area contributed by atoms with Crippen LogP contribution in [0.4, 0.5) is 4.39 Å². The summed E-state index contributed by atoms with van der Waals surface area (Å²) in [6.45, 7) is 0. The van der Waals surface area contributed by atoms with E-state index in [1.807, 2.05) is 6.07 Å². The van der Waals surface area contributed by atoms with Crippen LogP contribution in [0.5, 0.6) is 5.75 Å². The van der Waals surface area contributed by atoms with Gasteiger partial charge in [-0.2, -0.15) is 5.26 Å². The number of ether oxygens (including phenoxy) is 1. The number of aromatic nitrogens is 1. The summed E-state index contributed by atoms with van der Waals surface area (Å²) in [5, 5.41) is 9.30. The SMILES string of the molecule is COc1ccc(/C(Cl)=C(/C#N)c2ccncc2)c(F)c1. The summed E-state index contributed by atoms with van der Waals surface area (Å²) in [7, 11) is 1.45. The lowest BCUT2D eigenvalue weighted by molar-refractivity contribution is 0.411. The smallest absolute Gasteiger partial charge is 0.135 e. The van der Waals surface area contributed by atoms with Gasteiger partial charge in [-0.05, 0) is 29.8 Å². The van der Waals surface area contributed by atoms with E-state index in [1.165, 1.54) is 19.2 Å². The summed E-state index contributed by atoms with van der Waals surface area (Å²) in [6, 6.07) is 9.57. The van der Waals surface area contributed by atoms with Crippen molar-refractivity contribution in [2.75, 3.05) is 7.11 Å². The summed E-state index contributed by atoms with van der Waals surface area (Å²) >= 11 is 6.16. The van der Waals surface area contributed by atoms with Crippen molar-refractivity contribution in [2.45, 2.75) is 0 Å². The second kappa shape index (κ2) is 6.18. The highest BCUT2D eigenvalue weighted by Crippen LogP contribution is 2.32. The predicted molar refractivity (Wildman–Crippen MR) is 75.5 cm³/mol. The van der Waals surface area contributed by atoms with Crippen LogP contribution < -0.4 is 4.74 Å². The van der Waals surface area contributed by atoms with Crippen LogP contribution in [-0.4, -0.2) is 12.1 Å². The standard InChI is InChI=1S/C15H10ClFN2O/c1-20-11-2-3-12(14(17)8-11)15(16)13(9-18)10-4-6-19-7-5-10/h2-8H,1H3/b15-13+. The average Bonchev–Trinajstić information content (AvgIpc) is 2.48. The quantitative estimate of drug-likeness (QED) is 0.806. The van der Waals surface area contributed by atoms with Crippen LogP contribution in [0.15, 0.2) is 42.7 Å². The van der Waals surface area contributed by atoms with Crippen LogP contribution in [0.1, 0.15) is 11.1 Å². The molecular weight excluding hydrogens is 279 g/mol. The summed E-state index contributed by atoms with van der Waals surface area (Å²) in [5.41, 5.74) is 0.932. The van der Waals surface area contributed by atoms with Gasteiger partial charge in [0.1, 0.15) is 17.6 Å². The molecule has 3 nitrogen and oxygen atoms in total. The van der Waals surface area contributed by atoms with Gasteiger partial charge >= 0.3 is 0 Å². The zero-order valence-corrected chi connectivity index (χ0v) is 11.4. The minimum Gasteiger partial charge on any atom is -0.497 e. The van der Waals surface area contributed by atoms with Crippen molar-refractivity contribution in [3.63, 3.8) is 0 Å². The molecule has 0 saturated heterocycles. The van der Waals surface area contributed by atoms with E-state index < -0.39 is 5.82 Å². The Kier molecular flexibility index (Phi) is 4.34. The lowest BCUT2D eigenvalue weighted by Gasteiger charge is -2.07. The van der Waals surface area contributed by atoms with Gasteiger partial charge in [-0.25, -0.2) is 4.39 Å². The minimum absolute atomic E-state index is 0.0545. The number of hydrogen-bond donors (Lipinski definition) is 0. The number of allylic oxidation sites excluding steroid dienone is 1. The highest BCUT2D eigenvalue weighted by molar-refractivity contribution is 6.53. The van der Waals surface area contributed by atoms with Crippen LogP contribution in [0, 0.1) is 17.1 Å². The van der Waals surface area contributed by atoms with Gasteiger partial charge in [-0.15, -0.1) is 0 Å². The molecule has 0 radical (unpaired) electrons. The number of hydrogen-bond acceptors (Lipinski definition) is 3. The van der Waals surface area contributed by atoms with E-state index in [0.29, 0.717) is 11.3 Å². The van der Waals surface area contributed by atoms with Crippen molar-refractivity contribution in [3.05, 3.63) is 59.7 Å². The summed E-state index contributed by atoms with van der Waals surface area (Å²) in [6.07, 6.45) is 3.09. The Hall–Kier alpha value is -2.38. The molecule has 0 aliphatic heterocycles. The number of nitrogens with zero attached hydrogens (tertiary/aromatic N) is 2. The molecule has 0 fully saturated rings. The van der Waals surface area contributed by atoms with Crippen LogP contribution in [0.25, 0.3) is 10.6 Å². The molecule has 2 rings (SSSR count). The van der Waals surface area contributed by atoms with Gasteiger partial charge < -0.3 is 4.74 Å². The first kappa shape index (κ1) is 14.0. The van der Waals surface area contributed by atoms with Crippen LogP contribution in [0.3, 0.4) is 0 Å². The van der Waals surface area contributed by atoms with Crippen molar-refractivity contribution < 1.29 is 9.13 Å². The molecule has 20 heavy (non-hydrogen) atoms. The first-order valence-corrected chi connectivity index (χ1v) is 6.09. The molecule has 0 bridgehead atoms. The fraction of sp³-hybridized carbons (Fsp3) is 0.0667. The van der Waals surface area contributed by atoms with Crippen LogP contribution >= 0.6 is 11.6 Å². The molecule has 100 valence electrons. The van der Waals surface area contributed by atoms with Crippen LogP contribution in [0.2, 0.25) is 0 Å². The molecule has 0 N–H and O–H groups in total. The van der Waals surface area contributed by atoms with E-state index in [-0.39, 0.29) is 16.2 Å². The van der Waals surface area contributed by atoms with Crippen molar-refractivity contribution in [1.29, 1.82) is 5.26 Å². The summed E-state index contributed by atoms with van der Waals surface area (Å²) in [4.78, 5) is 3.87. The molecule has 0 atom stereocenters. The van der Waals surface area contributed by atoms with Crippen molar-refractivity contribution in [2.24, 2.45) is 0 Å². The largest absolute Gasteiger partial charge is 0.497 e. The third-order valence-corrected chi connectivity index (χ3v) is 3.11. The Morgan fingerprint density at radius 1 is 1.30 bits per heavy atom. The molecule has 0 aliphatic carbocycles. The lowest BCUT2D eigenvalue weighted by atomic mass is 10.0. The van der Waals surface area contributed by atoms with Gasteiger partial charge in [-0.3, -0.25) is 4.98 Å². The molecule has 0 saturated carbocycles. The van der Waals surface area contributed by atoms with E-state index in [2.05, 4.69) is 4.98 Å². The third-order valence-electron chi connectivity index (χ3n) is 2.71. The van der Waals surface area contributed by atoms with E-state index in [9.17, 15) is 9.65 Å². The number of methoxy groups -OCH3 is 1. The first-order valence-electron chi connectivity index (χ1n) is 5.71. The van der Waals surface area contributed by atoms with Gasteiger partial charge in [0.15, 0.2) is 0 Å². The second-order valence-electron chi connectivity index (χ2n) is 3.88. The molecule has 5 heteroatoms. The lowest BCUT2D eigenvalue weighted by Crippen LogP contribution is -1.92. The van der Waals surface area contributed by atoms with Crippen molar-refractivity contribution >= 4 is 22.2 Å². The molecule has 0 aliphatic rings. The zero-order chi connectivity index (χ0) is 14.5. The van der Waals surface area contributed by atoms with Gasteiger partial charge in [-0.1, -0.05) is 11.6 Å². The second-order valence-corrected chi connectivity index (χ2v) is 4.26. The Morgan fingerprint density at radius 2 is 2.00 bits per heavy atom. The topological polar surface area (TPSA) is 45.9 Å². The Balaban J connectivity index is 2.55. The van der Waals surface area contributed by atoms with E-state index in [1.54, 1.807) is 30.6 Å². The van der Waals surface area contributed by atoms with Gasteiger partial charge in [0.25, 0.3) is 0 Å². The summed E-state index contributed by atoms with van der Waals surface area (Å²) < 4.78 is 18.9. The normalized spacial score (nSPS) is 11.5. The number of rotatable bonds is 3. The Morgan fingerprint density at radius 3 is 2.55 bits per heavy atom. The maximum Gasteiger partial charge on any atom is 0.135 e. The van der Waals surface area contributed by atoms with E-state index in [0.717, 1.165) is 0 Å². The molecule has 1 aromatic heterocycles.